The van der Waals surface area contributed by atoms with E-state index >= 15 is 0 Å². The fraction of sp³-hybridized carbons (Fsp3) is 0.500. The molecular formula is C12H17N3O3S. The zero-order valence-corrected chi connectivity index (χ0v) is 11.6. The van der Waals surface area contributed by atoms with Gasteiger partial charge in [-0.2, -0.15) is 5.26 Å². The molecule has 1 aromatic rings. The van der Waals surface area contributed by atoms with E-state index < -0.39 is 10.0 Å². The van der Waals surface area contributed by atoms with Crippen LogP contribution < -0.4 is 0 Å². The smallest absolute Gasteiger partial charge is 0.245 e. The molecule has 0 saturated heterocycles. The van der Waals surface area contributed by atoms with Crippen LogP contribution in [-0.2, 0) is 10.0 Å². The molecule has 0 atom stereocenters. The van der Waals surface area contributed by atoms with Gasteiger partial charge in [-0.15, -0.1) is 0 Å². The zero-order chi connectivity index (χ0) is 14.3. The largest absolute Gasteiger partial charge is 0.396 e. The molecule has 1 heterocycles. The van der Waals surface area contributed by atoms with Crippen molar-refractivity contribution < 1.29 is 13.5 Å². The molecule has 7 heteroatoms. The number of aliphatic hydroxyl groups is 1. The number of pyridine rings is 1. The van der Waals surface area contributed by atoms with Gasteiger partial charge in [-0.05, 0) is 31.4 Å². The van der Waals surface area contributed by atoms with Crippen LogP contribution in [0.25, 0.3) is 0 Å². The Morgan fingerprint density at radius 2 is 2.16 bits per heavy atom. The van der Waals surface area contributed by atoms with E-state index in [9.17, 15) is 8.42 Å². The monoisotopic (exact) mass is 283 g/mol. The molecule has 6 nitrogen and oxygen atoms in total. The third kappa shape index (κ3) is 3.99. The normalized spacial score (nSPS) is 11.5. The minimum Gasteiger partial charge on any atom is -0.396 e. The van der Waals surface area contributed by atoms with Crippen molar-refractivity contribution in [3.63, 3.8) is 0 Å². The molecule has 0 aromatic carbocycles. The van der Waals surface area contributed by atoms with Gasteiger partial charge >= 0.3 is 0 Å². The number of aromatic nitrogens is 1. The Labute approximate surface area is 113 Å². The van der Waals surface area contributed by atoms with Crippen LogP contribution in [0.1, 0.15) is 25.0 Å². The van der Waals surface area contributed by atoms with Crippen LogP contribution in [0.5, 0.6) is 0 Å². The predicted molar refractivity (Wildman–Crippen MR) is 69.7 cm³/mol. The number of aliphatic hydroxyl groups excluding tert-OH is 1. The standard InChI is InChI=1S/C12H17N3O3S/c1-15(8-3-2-4-9-16)19(17,18)12-6-5-7-14-11(12)10-13/h5-7,16H,2-4,8-9H2,1H3. The van der Waals surface area contributed by atoms with Gasteiger partial charge in [0.25, 0.3) is 0 Å². The lowest BCUT2D eigenvalue weighted by molar-refractivity contribution is 0.281. The summed E-state index contributed by atoms with van der Waals surface area (Å²) in [6, 6.07) is 4.66. The highest BCUT2D eigenvalue weighted by molar-refractivity contribution is 7.89. The van der Waals surface area contributed by atoms with Gasteiger partial charge < -0.3 is 5.11 Å². The Hall–Kier alpha value is -1.49. The number of sulfonamides is 1. The topological polar surface area (TPSA) is 94.3 Å². The SMILES string of the molecule is CN(CCCCCO)S(=O)(=O)c1cccnc1C#N. The summed E-state index contributed by atoms with van der Waals surface area (Å²) >= 11 is 0. The summed E-state index contributed by atoms with van der Waals surface area (Å²) in [5.41, 5.74) is -0.0929. The van der Waals surface area contributed by atoms with Crippen LogP contribution in [0.15, 0.2) is 23.2 Å². The van der Waals surface area contributed by atoms with Crippen LogP contribution in [0, 0.1) is 11.3 Å². The number of nitrogens with zero attached hydrogens (tertiary/aromatic N) is 3. The lowest BCUT2D eigenvalue weighted by Crippen LogP contribution is -2.28. The first kappa shape index (κ1) is 15.6. The Morgan fingerprint density at radius 3 is 2.79 bits per heavy atom. The molecule has 0 aliphatic rings. The molecule has 1 N–H and O–H groups in total. The highest BCUT2D eigenvalue weighted by Crippen LogP contribution is 2.17. The molecule has 19 heavy (non-hydrogen) atoms. The molecule has 0 unspecified atom stereocenters. The molecule has 0 amide bonds. The second-order valence-electron chi connectivity index (χ2n) is 4.07. The summed E-state index contributed by atoms with van der Waals surface area (Å²) in [6.07, 6.45) is 3.47. The van der Waals surface area contributed by atoms with Crippen LogP contribution in [0.4, 0.5) is 0 Å². The lowest BCUT2D eigenvalue weighted by Gasteiger charge is -2.17. The summed E-state index contributed by atoms with van der Waals surface area (Å²) in [5, 5.41) is 17.5. The summed E-state index contributed by atoms with van der Waals surface area (Å²) in [7, 11) is -2.21. The second-order valence-corrected chi connectivity index (χ2v) is 6.09. The van der Waals surface area contributed by atoms with Crippen LogP contribution in [-0.4, -0.2) is 43.0 Å². The van der Waals surface area contributed by atoms with Crippen molar-refractivity contribution in [2.24, 2.45) is 0 Å². The Bertz CT molecular complexity index is 552. The van der Waals surface area contributed by atoms with Crippen LogP contribution >= 0.6 is 0 Å². The summed E-state index contributed by atoms with van der Waals surface area (Å²) in [4.78, 5) is 3.69. The maximum absolute atomic E-state index is 12.3. The van der Waals surface area contributed by atoms with E-state index in [-0.39, 0.29) is 17.2 Å². The number of nitriles is 1. The molecule has 1 rings (SSSR count). The van der Waals surface area contributed by atoms with Gasteiger partial charge in [0.15, 0.2) is 5.69 Å². The van der Waals surface area contributed by atoms with Crippen molar-refractivity contribution in [3.05, 3.63) is 24.0 Å². The van der Waals surface area contributed by atoms with Crippen molar-refractivity contribution >= 4 is 10.0 Å². The molecule has 0 aliphatic carbocycles. The van der Waals surface area contributed by atoms with E-state index in [0.29, 0.717) is 19.4 Å². The van der Waals surface area contributed by atoms with Crippen molar-refractivity contribution in [3.8, 4) is 6.07 Å². The highest BCUT2D eigenvalue weighted by atomic mass is 32.2. The molecule has 0 fully saturated rings. The quantitative estimate of drug-likeness (QED) is 0.745. The molecule has 0 spiro atoms. The molecule has 0 bridgehead atoms. The maximum Gasteiger partial charge on any atom is 0.245 e. The average molecular weight is 283 g/mol. The minimum absolute atomic E-state index is 0.0674. The highest BCUT2D eigenvalue weighted by Gasteiger charge is 2.24. The Kier molecular flexibility index (Phi) is 5.89. The molecule has 0 aliphatic heterocycles. The molecular weight excluding hydrogens is 266 g/mol. The first-order chi connectivity index (χ1) is 9.04. The molecule has 104 valence electrons. The fourth-order valence-electron chi connectivity index (χ4n) is 1.59. The lowest BCUT2D eigenvalue weighted by atomic mass is 10.2. The van der Waals surface area contributed by atoms with Crippen LogP contribution in [0.2, 0.25) is 0 Å². The van der Waals surface area contributed by atoms with E-state index in [1.807, 2.05) is 0 Å². The van der Waals surface area contributed by atoms with Crippen molar-refractivity contribution in [2.45, 2.75) is 24.2 Å². The van der Waals surface area contributed by atoms with Crippen molar-refractivity contribution in [2.75, 3.05) is 20.2 Å². The first-order valence-corrected chi connectivity index (χ1v) is 7.40. The summed E-state index contributed by atoms with van der Waals surface area (Å²) < 4.78 is 25.7. The van der Waals surface area contributed by atoms with E-state index in [2.05, 4.69) is 4.98 Å². The van der Waals surface area contributed by atoms with Gasteiger partial charge in [0.1, 0.15) is 11.0 Å². The maximum atomic E-state index is 12.3. The second kappa shape index (κ2) is 7.19. The van der Waals surface area contributed by atoms with Gasteiger partial charge in [-0.25, -0.2) is 17.7 Å². The molecule has 1 aromatic heterocycles. The number of hydrogen-bond acceptors (Lipinski definition) is 5. The van der Waals surface area contributed by atoms with Crippen molar-refractivity contribution in [1.29, 1.82) is 5.26 Å². The van der Waals surface area contributed by atoms with Gasteiger partial charge in [-0.1, -0.05) is 0 Å². The minimum atomic E-state index is -3.68. The third-order valence-electron chi connectivity index (χ3n) is 2.70. The van der Waals surface area contributed by atoms with E-state index in [1.54, 1.807) is 6.07 Å². The predicted octanol–water partition coefficient (Wildman–Crippen LogP) is 0.736. The van der Waals surface area contributed by atoms with E-state index in [4.69, 9.17) is 10.4 Å². The zero-order valence-electron chi connectivity index (χ0n) is 10.8. The van der Waals surface area contributed by atoms with E-state index in [0.717, 1.165) is 6.42 Å². The van der Waals surface area contributed by atoms with E-state index in [1.165, 1.54) is 29.7 Å². The fourth-order valence-corrected chi connectivity index (χ4v) is 2.89. The van der Waals surface area contributed by atoms with Gasteiger partial charge in [-0.3, -0.25) is 0 Å². The molecule has 0 radical (unpaired) electrons. The van der Waals surface area contributed by atoms with Crippen molar-refractivity contribution in [1.82, 2.24) is 9.29 Å². The average Bonchev–Trinajstić information content (AvgIpc) is 2.43. The summed E-state index contributed by atoms with van der Waals surface area (Å²) in [6.45, 7) is 0.458. The number of hydrogen-bond donors (Lipinski definition) is 1. The van der Waals surface area contributed by atoms with Gasteiger partial charge in [0.05, 0.1) is 0 Å². The first-order valence-electron chi connectivity index (χ1n) is 5.96. The van der Waals surface area contributed by atoms with Gasteiger partial charge in [0.2, 0.25) is 10.0 Å². The molecule has 0 saturated carbocycles. The number of rotatable bonds is 7. The summed E-state index contributed by atoms with van der Waals surface area (Å²) in [5.74, 6) is 0. The Balaban J connectivity index is 2.83. The van der Waals surface area contributed by atoms with Gasteiger partial charge in [0, 0.05) is 26.4 Å². The third-order valence-corrected chi connectivity index (χ3v) is 4.58. The Morgan fingerprint density at radius 1 is 1.42 bits per heavy atom. The number of unbranched alkanes of at least 4 members (excludes halogenated alkanes) is 2. The van der Waals surface area contributed by atoms with Crippen LogP contribution in [0.3, 0.4) is 0 Å².